The predicted molar refractivity (Wildman–Crippen MR) is 74.2 cm³/mol. The van der Waals surface area contributed by atoms with Gasteiger partial charge in [0.2, 0.25) is 0 Å². The quantitative estimate of drug-likeness (QED) is 0.588. The number of rotatable bonds is 6. The van der Waals surface area contributed by atoms with Gasteiger partial charge in [-0.05, 0) is 18.4 Å². The number of hydrogen-bond acceptors (Lipinski definition) is 4. The van der Waals surface area contributed by atoms with E-state index in [0.717, 1.165) is 12.0 Å². The van der Waals surface area contributed by atoms with E-state index in [9.17, 15) is 9.59 Å². The molecule has 0 spiro atoms. The number of aryl methyl sites for hydroxylation is 1. The van der Waals surface area contributed by atoms with E-state index in [4.69, 9.17) is 9.47 Å². The van der Waals surface area contributed by atoms with Crippen LogP contribution < -0.4 is 0 Å². The van der Waals surface area contributed by atoms with Crippen molar-refractivity contribution in [2.45, 2.75) is 25.6 Å². The van der Waals surface area contributed by atoms with Crippen LogP contribution in [0.5, 0.6) is 0 Å². The molecular formula is C16H18O4. The van der Waals surface area contributed by atoms with Crippen LogP contribution in [0.4, 0.5) is 0 Å². The molecule has 4 heteroatoms. The highest BCUT2D eigenvalue weighted by molar-refractivity contribution is 6.22. The van der Waals surface area contributed by atoms with Crippen LogP contribution in [-0.2, 0) is 25.5 Å². The third kappa shape index (κ3) is 3.03. The Morgan fingerprint density at radius 2 is 1.65 bits per heavy atom. The minimum Gasteiger partial charge on any atom is -0.352 e. The van der Waals surface area contributed by atoms with Gasteiger partial charge in [0.15, 0.2) is 17.9 Å². The van der Waals surface area contributed by atoms with E-state index in [1.54, 1.807) is 0 Å². The molecule has 0 radical (unpaired) electrons. The molecule has 0 saturated heterocycles. The molecule has 1 aromatic rings. The number of ether oxygens (including phenoxy) is 2. The van der Waals surface area contributed by atoms with E-state index in [0.29, 0.717) is 17.6 Å². The van der Waals surface area contributed by atoms with Gasteiger partial charge in [0.1, 0.15) is 0 Å². The molecule has 1 aromatic carbocycles. The third-order valence-electron chi connectivity index (χ3n) is 3.45. The van der Waals surface area contributed by atoms with Crippen molar-refractivity contribution in [3.63, 3.8) is 0 Å². The zero-order valence-corrected chi connectivity index (χ0v) is 11.7. The summed E-state index contributed by atoms with van der Waals surface area (Å²) in [5.74, 6) is -0.299. The highest BCUT2D eigenvalue weighted by atomic mass is 16.7. The maximum atomic E-state index is 12.0. The second-order valence-corrected chi connectivity index (χ2v) is 4.70. The summed E-state index contributed by atoms with van der Waals surface area (Å²) < 4.78 is 10.3. The van der Waals surface area contributed by atoms with Crippen LogP contribution in [0.25, 0.3) is 0 Å². The molecule has 1 aliphatic rings. The van der Waals surface area contributed by atoms with Gasteiger partial charge in [0, 0.05) is 19.8 Å². The molecule has 0 bridgehead atoms. The van der Waals surface area contributed by atoms with Crippen molar-refractivity contribution < 1.29 is 19.1 Å². The first kappa shape index (κ1) is 14.6. The second-order valence-electron chi connectivity index (χ2n) is 4.70. The van der Waals surface area contributed by atoms with Gasteiger partial charge in [-0.3, -0.25) is 9.59 Å². The van der Waals surface area contributed by atoms with Crippen LogP contribution in [0.2, 0.25) is 0 Å². The summed E-state index contributed by atoms with van der Waals surface area (Å²) >= 11 is 0. The summed E-state index contributed by atoms with van der Waals surface area (Å²) in [7, 11) is 2.93. The summed E-state index contributed by atoms with van der Waals surface area (Å²) in [6, 6.07) is 9.88. The van der Waals surface area contributed by atoms with E-state index >= 15 is 0 Å². The molecule has 0 heterocycles. The number of ketones is 2. The predicted octanol–water partition coefficient (Wildman–Crippen LogP) is 2.08. The Kier molecular flexibility index (Phi) is 4.82. The zero-order chi connectivity index (χ0) is 14.5. The van der Waals surface area contributed by atoms with Gasteiger partial charge in [-0.1, -0.05) is 30.3 Å². The van der Waals surface area contributed by atoms with Gasteiger partial charge >= 0.3 is 0 Å². The summed E-state index contributed by atoms with van der Waals surface area (Å²) in [6.07, 6.45) is 0.439. The van der Waals surface area contributed by atoms with Crippen molar-refractivity contribution in [3.8, 4) is 0 Å². The molecule has 4 nitrogen and oxygen atoms in total. The molecule has 0 unspecified atom stereocenters. The van der Waals surface area contributed by atoms with E-state index in [1.165, 1.54) is 14.2 Å². The van der Waals surface area contributed by atoms with E-state index in [2.05, 4.69) is 0 Å². The van der Waals surface area contributed by atoms with E-state index in [1.807, 2.05) is 30.3 Å². The molecule has 0 N–H and O–H groups in total. The number of carbonyl (C=O) groups excluding carboxylic acids is 2. The van der Waals surface area contributed by atoms with Crippen molar-refractivity contribution in [3.05, 3.63) is 47.0 Å². The monoisotopic (exact) mass is 274 g/mol. The number of benzene rings is 1. The first-order valence-corrected chi connectivity index (χ1v) is 6.56. The number of hydrogen-bond donors (Lipinski definition) is 0. The Hall–Kier alpha value is -1.78. The normalized spacial score (nSPS) is 15.6. The Bertz CT molecular complexity index is 527. The SMILES string of the molecule is COC(OC)C1=C(CCc2ccccc2)C(=O)CC1=O. The molecule has 0 amide bonds. The fourth-order valence-electron chi connectivity index (χ4n) is 2.46. The molecule has 1 aliphatic carbocycles. The van der Waals surface area contributed by atoms with Crippen molar-refractivity contribution in [2.75, 3.05) is 14.2 Å². The minimum absolute atomic E-state index is 0.0668. The van der Waals surface area contributed by atoms with Gasteiger partial charge in [-0.2, -0.15) is 0 Å². The van der Waals surface area contributed by atoms with Gasteiger partial charge in [0.05, 0.1) is 12.0 Å². The first-order valence-electron chi connectivity index (χ1n) is 6.56. The lowest BCUT2D eigenvalue weighted by molar-refractivity contribution is -0.124. The van der Waals surface area contributed by atoms with E-state index in [-0.39, 0.29) is 18.0 Å². The maximum Gasteiger partial charge on any atom is 0.186 e. The largest absolute Gasteiger partial charge is 0.352 e. The number of methoxy groups -OCH3 is 2. The summed E-state index contributed by atoms with van der Waals surface area (Å²) in [5.41, 5.74) is 2.07. The minimum atomic E-state index is -0.750. The van der Waals surface area contributed by atoms with Crippen molar-refractivity contribution in [1.29, 1.82) is 0 Å². The number of allylic oxidation sites excluding steroid dienone is 1. The lowest BCUT2D eigenvalue weighted by Crippen LogP contribution is -2.21. The first-order chi connectivity index (χ1) is 9.67. The zero-order valence-electron chi connectivity index (χ0n) is 11.7. The van der Waals surface area contributed by atoms with Crippen LogP contribution in [0.3, 0.4) is 0 Å². The smallest absolute Gasteiger partial charge is 0.186 e. The third-order valence-corrected chi connectivity index (χ3v) is 3.45. The lowest BCUT2D eigenvalue weighted by atomic mass is 10.0. The van der Waals surface area contributed by atoms with Gasteiger partial charge < -0.3 is 9.47 Å². The van der Waals surface area contributed by atoms with E-state index < -0.39 is 6.29 Å². The van der Waals surface area contributed by atoms with Crippen molar-refractivity contribution in [2.24, 2.45) is 0 Å². The van der Waals surface area contributed by atoms with Gasteiger partial charge in [-0.15, -0.1) is 0 Å². The Morgan fingerprint density at radius 3 is 2.25 bits per heavy atom. The summed E-state index contributed by atoms with van der Waals surface area (Å²) in [4.78, 5) is 23.9. The number of carbonyl (C=O) groups is 2. The highest BCUT2D eigenvalue weighted by Crippen LogP contribution is 2.28. The van der Waals surface area contributed by atoms with Crippen LogP contribution in [0.1, 0.15) is 18.4 Å². The average molecular weight is 274 g/mol. The molecule has 106 valence electrons. The van der Waals surface area contributed by atoms with Gasteiger partial charge in [-0.25, -0.2) is 0 Å². The van der Waals surface area contributed by atoms with Crippen LogP contribution in [0, 0.1) is 0 Å². The maximum absolute atomic E-state index is 12.0. The molecular weight excluding hydrogens is 256 g/mol. The molecule has 0 atom stereocenters. The fraction of sp³-hybridized carbons (Fsp3) is 0.375. The Labute approximate surface area is 118 Å². The Balaban J connectivity index is 2.20. The Morgan fingerprint density at radius 1 is 1.00 bits per heavy atom. The average Bonchev–Trinajstić information content (AvgIpc) is 2.74. The van der Waals surface area contributed by atoms with Gasteiger partial charge in [0.25, 0.3) is 0 Å². The molecule has 2 rings (SSSR count). The fourth-order valence-corrected chi connectivity index (χ4v) is 2.46. The molecule has 0 saturated carbocycles. The second kappa shape index (κ2) is 6.59. The topological polar surface area (TPSA) is 52.6 Å². The van der Waals surface area contributed by atoms with Crippen molar-refractivity contribution >= 4 is 11.6 Å². The number of Topliss-reactive ketones (excluding diaryl/α,β-unsaturated/α-hetero) is 2. The molecule has 20 heavy (non-hydrogen) atoms. The van der Waals surface area contributed by atoms with Crippen LogP contribution in [0.15, 0.2) is 41.5 Å². The lowest BCUT2D eigenvalue weighted by Gasteiger charge is -2.15. The van der Waals surface area contributed by atoms with Crippen LogP contribution in [-0.4, -0.2) is 32.1 Å². The molecule has 0 fully saturated rings. The highest BCUT2D eigenvalue weighted by Gasteiger charge is 2.35. The molecule has 0 aliphatic heterocycles. The summed E-state index contributed by atoms with van der Waals surface area (Å²) in [6.45, 7) is 0. The molecule has 0 aromatic heterocycles. The van der Waals surface area contributed by atoms with Crippen LogP contribution >= 0.6 is 0 Å². The standard InChI is InChI=1S/C16H18O4/c1-19-16(20-2)15-12(13(17)10-14(15)18)9-8-11-6-4-3-5-7-11/h3-7,16H,8-10H2,1-2H3. The van der Waals surface area contributed by atoms with Crippen molar-refractivity contribution in [1.82, 2.24) is 0 Å². The summed E-state index contributed by atoms with van der Waals surface area (Å²) in [5, 5.41) is 0.